The van der Waals surface area contributed by atoms with Gasteiger partial charge in [-0.3, -0.25) is 14.2 Å². The van der Waals surface area contributed by atoms with Gasteiger partial charge in [-0.05, 0) is 24.3 Å². The van der Waals surface area contributed by atoms with Gasteiger partial charge in [0.2, 0.25) is 5.43 Å². The molecule has 6 rings (SSSR count). The molecule has 7 nitrogen and oxygen atoms in total. The number of pyridine rings is 1. The minimum absolute atomic E-state index is 0.0452. The summed E-state index contributed by atoms with van der Waals surface area (Å²) in [7, 11) is 1.62. The summed E-state index contributed by atoms with van der Waals surface area (Å²) in [5.74, 6) is -1.29. The molecule has 1 aliphatic heterocycles. The van der Waals surface area contributed by atoms with Crippen LogP contribution >= 0.6 is 11.3 Å². The van der Waals surface area contributed by atoms with E-state index >= 15 is 4.39 Å². The molecule has 0 bridgehead atoms. The van der Waals surface area contributed by atoms with Crippen molar-refractivity contribution in [2.75, 3.05) is 31.6 Å². The van der Waals surface area contributed by atoms with Gasteiger partial charge in [0.15, 0.2) is 0 Å². The molecule has 3 aromatic heterocycles. The molecule has 1 fully saturated rings. The van der Waals surface area contributed by atoms with Gasteiger partial charge in [-0.15, -0.1) is 11.3 Å². The van der Waals surface area contributed by atoms with Crippen LogP contribution in [-0.2, 0) is 0 Å². The summed E-state index contributed by atoms with van der Waals surface area (Å²) in [5, 5.41) is 22.4. The third kappa shape index (κ3) is 2.35. The first kappa shape index (κ1) is 19.6. The number of allylic oxidation sites excluding steroid dienone is 1. The lowest BCUT2D eigenvalue weighted by atomic mass is 9.78. The van der Waals surface area contributed by atoms with Crippen LogP contribution < -0.4 is 15.7 Å². The van der Waals surface area contributed by atoms with Crippen LogP contribution in [0.5, 0.6) is 0 Å². The first-order chi connectivity index (χ1) is 15.5. The second kappa shape index (κ2) is 6.73. The molecule has 0 radical (unpaired) electrons. The normalized spacial score (nSPS) is 23.9. The number of aromatic carboxylic acids is 1. The molecule has 0 spiro atoms. The summed E-state index contributed by atoms with van der Waals surface area (Å²) in [6, 6.07) is 1.18. The Morgan fingerprint density at radius 2 is 2.19 bits per heavy atom. The Bertz CT molecular complexity index is 1560. The Hall–Kier alpha value is -3.04. The fraction of sp³-hybridized carbons (Fsp3) is 0.348. The minimum atomic E-state index is -1.32. The number of carbonyl (C=O) groups is 1. The van der Waals surface area contributed by atoms with Crippen LogP contribution in [0.4, 0.5) is 10.1 Å². The number of carboxylic acids is 1. The molecule has 0 amide bonds. The topological polar surface area (TPSA) is 94.6 Å². The number of nitrogens with zero attached hydrogens (tertiary/aromatic N) is 3. The first-order valence-corrected chi connectivity index (χ1v) is 11.4. The van der Waals surface area contributed by atoms with Gasteiger partial charge in [0.05, 0.1) is 32.9 Å². The van der Waals surface area contributed by atoms with E-state index in [1.807, 2.05) is 11.0 Å². The quantitative estimate of drug-likeness (QED) is 0.465. The molecule has 32 heavy (non-hydrogen) atoms. The number of halogens is 1. The molecular formula is C23H20FN3O4S. The number of fused-ring (bicyclic) bond motifs is 1. The lowest BCUT2D eigenvalue weighted by molar-refractivity contribution is 0.0697. The smallest absolute Gasteiger partial charge is 0.342 e. The van der Waals surface area contributed by atoms with Gasteiger partial charge < -0.3 is 15.1 Å². The van der Waals surface area contributed by atoms with Gasteiger partial charge in [-0.25, -0.2) is 9.18 Å². The van der Waals surface area contributed by atoms with Crippen LogP contribution in [0.15, 0.2) is 33.4 Å². The highest BCUT2D eigenvalue weighted by Gasteiger charge is 2.40. The van der Waals surface area contributed by atoms with Crippen molar-refractivity contribution in [2.24, 2.45) is 22.7 Å². The van der Waals surface area contributed by atoms with E-state index in [0.717, 1.165) is 6.42 Å². The van der Waals surface area contributed by atoms with E-state index in [4.69, 9.17) is 0 Å². The zero-order chi connectivity index (χ0) is 22.3. The molecular weight excluding hydrogens is 433 g/mol. The SMILES string of the molecule is CN=c1c2c(N3CC4CC=CC(CO)C4C3)c(F)cc3c(=O)c(C(=O)O)c4scc1n4c32. The minimum Gasteiger partial charge on any atom is -0.477 e. The van der Waals surface area contributed by atoms with Crippen molar-refractivity contribution in [3.63, 3.8) is 0 Å². The van der Waals surface area contributed by atoms with Crippen LogP contribution in [0.3, 0.4) is 0 Å². The van der Waals surface area contributed by atoms with Crippen molar-refractivity contribution in [3.05, 3.63) is 50.6 Å². The number of thiazole rings is 1. The molecule has 0 saturated carbocycles. The second-order valence-corrected chi connectivity index (χ2v) is 9.52. The predicted octanol–water partition coefficient (Wildman–Crippen LogP) is 2.53. The number of carboxylic acid groups (broad SMARTS) is 1. The van der Waals surface area contributed by atoms with Gasteiger partial charge in [0.25, 0.3) is 0 Å². The van der Waals surface area contributed by atoms with Gasteiger partial charge >= 0.3 is 5.97 Å². The zero-order valence-electron chi connectivity index (χ0n) is 17.2. The van der Waals surface area contributed by atoms with Crippen molar-refractivity contribution in [3.8, 4) is 0 Å². The van der Waals surface area contributed by atoms with Crippen molar-refractivity contribution in [2.45, 2.75) is 6.42 Å². The largest absolute Gasteiger partial charge is 0.477 e. The number of benzene rings is 1. The third-order valence-electron chi connectivity index (χ3n) is 7.17. The molecule has 4 heterocycles. The molecule has 1 aliphatic carbocycles. The number of hydrogen-bond donors (Lipinski definition) is 2. The van der Waals surface area contributed by atoms with Crippen LogP contribution in [0, 0.1) is 23.6 Å². The monoisotopic (exact) mass is 453 g/mol. The van der Waals surface area contributed by atoms with Crippen LogP contribution in [0.25, 0.3) is 26.6 Å². The fourth-order valence-corrected chi connectivity index (χ4v) is 6.84. The summed E-state index contributed by atoms with van der Waals surface area (Å²) < 4.78 is 17.4. The third-order valence-corrected chi connectivity index (χ3v) is 8.12. The fourth-order valence-electron chi connectivity index (χ4n) is 5.80. The van der Waals surface area contributed by atoms with E-state index in [1.165, 1.54) is 17.4 Å². The zero-order valence-corrected chi connectivity index (χ0v) is 18.0. The Labute approximate surface area is 185 Å². The summed E-state index contributed by atoms with van der Waals surface area (Å²) in [6.07, 6.45) is 5.02. The molecule has 2 aliphatic rings. The Balaban J connectivity index is 1.68. The Morgan fingerprint density at radius 1 is 1.38 bits per heavy atom. The van der Waals surface area contributed by atoms with Crippen molar-refractivity contribution in [1.29, 1.82) is 0 Å². The summed E-state index contributed by atoms with van der Waals surface area (Å²) >= 11 is 1.18. The number of anilines is 1. The molecule has 9 heteroatoms. The summed E-state index contributed by atoms with van der Waals surface area (Å²) in [4.78, 5) is 31.7. The van der Waals surface area contributed by atoms with Crippen LogP contribution in [0.2, 0.25) is 0 Å². The molecule has 2 N–H and O–H groups in total. The van der Waals surface area contributed by atoms with Crippen LogP contribution in [0.1, 0.15) is 16.8 Å². The number of aliphatic hydroxyl groups excluding tert-OH is 1. The molecule has 4 aromatic rings. The number of hydrogen-bond acceptors (Lipinski definition) is 6. The van der Waals surface area contributed by atoms with Gasteiger partial charge in [-0.2, -0.15) is 0 Å². The maximum atomic E-state index is 15.7. The predicted molar refractivity (Wildman–Crippen MR) is 121 cm³/mol. The van der Waals surface area contributed by atoms with E-state index < -0.39 is 17.2 Å². The summed E-state index contributed by atoms with van der Waals surface area (Å²) in [6.45, 7) is 1.31. The lowest BCUT2D eigenvalue weighted by Crippen LogP contribution is -2.27. The average Bonchev–Trinajstić information content (AvgIpc) is 3.46. The maximum Gasteiger partial charge on any atom is 0.342 e. The average molecular weight is 453 g/mol. The summed E-state index contributed by atoms with van der Waals surface area (Å²) in [5.41, 5.74) is 0.586. The van der Waals surface area contributed by atoms with Gasteiger partial charge in [-0.1, -0.05) is 12.2 Å². The number of aliphatic hydroxyl groups is 1. The highest BCUT2D eigenvalue weighted by molar-refractivity contribution is 7.16. The Kier molecular flexibility index (Phi) is 4.13. The molecule has 1 aromatic carbocycles. The van der Waals surface area contributed by atoms with Crippen molar-refractivity contribution in [1.82, 2.24) is 4.40 Å². The maximum absolute atomic E-state index is 15.7. The van der Waals surface area contributed by atoms with Crippen molar-refractivity contribution >= 4 is 49.6 Å². The highest BCUT2D eigenvalue weighted by atomic mass is 32.1. The van der Waals surface area contributed by atoms with E-state index in [9.17, 15) is 19.8 Å². The second-order valence-electron chi connectivity index (χ2n) is 8.66. The van der Waals surface area contributed by atoms with E-state index in [1.54, 1.807) is 16.8 Å². The standard InChI is InChI=1S/C23H20FN3O4S/c1-25-18-15-9-32-22-17(23(30)31)21(29)12-5-14(24)20(16(18)19(12)27(15)22)26-6-10-3-2-4-11(8-28)13(10)7-26/h2,4-5,9-11,13,28H,3,6-8H2,1H3,(H,30,31). The number of rotatable bonds is 3. The van der Waals surface area contributed by atoms with Crippen molar-refractivity contribution < 1.29 is 19.4 Å². The van der Waals surface area contributed by atoms with Gasteiger partial charge in [0, 0.05) is 38.0 Å². The molecule has 3 unspecified atom stereocenters. The van der Waals surface area contributed by atoms with E-state index in [0.29, 0.717) is 51.3 Å². The molecule has 1 saturated heterocycles. The van der Waals surface area contributed by atoms with E-state index in [-0.39, 0.29) is 29.4 Å². The van der Waals surface area contributed by atoms with Crippen LogP contribution in [-0.4, -0.2) is 47.3 Å². The number of aromatic nitrogens is 1. The lowest BCUT2D eigenvalue weighted by Gasteiger charge is -2.26. The van der Waals surface area contributed by atoms with E-state index in [2.05, 4.69) is 11.1 Å². The first-order valence-electron chi connectivity index (χ1n) is 10.5. The highest BCUT2D eigenvalue weighted by Crippen LogP contribution is 2.42. The Morgan fingerprint density at radius 3 is 2.91 bits per heavy atom. The molecule has 164 valence electrons. The van der Waals surface area contributed by atoms with Gasteiger partial charge in [0.1, 0.15) is 16.2 Å². The molecule has 3 atom stereocenters.